The average Bonchev–Trinajstić information content (AvgIpc) is 2.45. The molecule has 0 saturated carbocycles. The number of benzene rings is 1. The molecular weight excluding hydrogens is 258 g/mol. The summed E-state index contributed by atoms with van der Waals surface area (Å²) in [5, 5.41) is 11.6. The van der Waals surface area contributed by atoms with Crippen LogP contribution in [0.3, 0.4) is 0 Å². The summed E-state index contributed by atoms with van der Waals surface area (Å²) in [6, 6.07) is 7.34. The van der Waals surface area contributed by atoms with Crippen LogP contribution >= 0.6 is 0 Å². The molecule has 0 fully saturated rings. The van der Waals surface area contributed by atoms with Crippen LogP contribution < -0.4 is 5.32 Å². The Morgan fingerprint density at radius 3 is 2.90 bits per heavy atom. The van der Waals surface area contributed by atoms with Crippen molar-refractivity contribution in [3.05, 3.63) is 35.4 Å². The van der Waals surface area contributed by atoms with Gasteiger partial charge in [0.25, 0.3) is 5.91 Å². The van der Waals surface area contributed by atoms with E-state index in [1.54, 1.807) is 0 Å². The SMILES string of the molecule is CCC(CC(=O)O)NC(=O)C1OCCc2ccccc21. The van der Waals surface area contributed by atoms with Crippen molar-refractivity contribution in [3.8, 4) is 0 Å². The number of carboxylic acid groups (broad SMARTS) is 1. The van der Waals surface area contributed by atoms with Crippen LogP contribution in [0.4, 0.5) is 0 Å². The highest BCUT2D eigenvalue weighted by Crippen LogP contribution is 2.27. The van der Waals surface area contributed by atoms with Crippen molar-refractivity contribution < 1.29 is 19.4 Å². The monoisotopic (exact) mass is 277 g/mol. The number of hydrogen-bond donors (Lipinski definition) is 2. The van der Waals surface area contributed by atoms with Gasteiger partial charge in [0.05, 0.1) is 13.0 Å². The summed E-state index contributed by atoms with van der Waals surface area (Å²) in [6.45, 7) is 2.36. The summed E-state index contributed by atoms with van der Waals surface area (Å²) in [5.41, 5.74) is 1.99. The molecule has 0 aromatic heterocycles. The summed E-state index contributed by atoms with van der Waals surface area (Å²) in [6.07, 6.45) is 0.665. The molecular formula is C15H19NO4. The Bertz CT molecular complexity index is 500. The number of carbonyl (C=O) groups excluding carboxylic acids is 1. The van der Waals surface area contributed by atoms with Crippen LogP contribution in [0.2, 0.25) is 0 Å². The third kappa shape index (κ3) is 3.36. The first-order valence-corrected chi connectivity index (χ1v) is 6.83. The van der Waals surface area contributed by atoms with Crippen LogP contribution in [-0.2, 0) is 20.7 Å². The fourth-order valence-electron chi connectivity index (χ4n) is 2.40. The Morgan fingerprint density at radius 1 is 1.45 bits per heavy atom. The minimum absolute atomic E-state index is 0.0728. The normalized spacial score (nSPS) is 18.9. The lowest BCUT2D eigenvalue weighted by Gasteiger charge is -2.26. The Kier molecular flexibility index (Phi) is 4.74. The lowest BCUT2D eigenvalue weighted by atomic mass is 9.97. The lowest BCUT2D eigenvalue weighted by molar-refractivity contribution is -0.139. The number of rotatable bonds is 5. The highest BCUT2D eigenvalue weighted by Gasteiger charge is 2.28. The van der Waals surface area contributed by atoms with Crippen molar-refractivity contribution >= 4 is 11.9 Å². The molecule has 2 unspecified atom stereocenters. The molecule has 2 N–H and O–H groups in total. The van der Waals surface area contributed by atoms with Crippen LogP contribution in [0.1, 0.15) is 37.0 Å². The van der Waals surface area contributed by atoms with Gasteiger partial charge in [-0.2, -0.15) is 0 Å². The van der Waals surface area contributed by atoms with Gasteiger partial charge in [-0.1, -0.05) is 31.2 Å². The molecule has 20 heavy (non-hydrogen) atoms. The van der Waals surface area contributed by atoms with E-state index in [4.69, 9.17) is 9.84 Å². The number of hydrogen-bond acceptors (Lipinski definition) is 3. The van der Waals surface area contributed by atoms with Gasteiger partial charge < -0.3 is 15.2 Å². The molecule has 2 atom stereocenters. The second-order valence-electron chi connectivity index (χ2n) is 4.91. The molecule has 0 aliphatic carbocycles. The van der Waals surface area contributed by atoms with Gasteiger partial charge in [0.2, 0.25) is 0 Å². The highest BCUT2D eigenvalue weighted by molar-refractivity contribution is 5.83. The van der Waals surface area contributed by atoms with E-state index in [9.17, 15) is 9.59 Å². The van der Waals surface area contributed by atoms with E-state index >= 15 is 0 Å². The first kappa shape index (κ1) is 14.5. The molecule has 1 heterocycles. The van der Waals surface area contributed by atoms with Crippen molar-refractivity contribution in [1.82, 2.24) is 5.32 Å². The largest absolute Gasteiger partial charge is 0.481 e. The Morgan fingerprint density at radius 2 is 2.20 bits per heavy atom. The van der Waals surface area contributed by atoms with E-state index in [1.807, 2.05) is 31.2 Å². The molecule has 1 aromatic rings. The molecule has 1 aromatic carbocycles. The number of nitrogens with one attached hydrogen (secondary N) is 1. The van der Waals surface area contributed by atoms with E-state index in [2.05, 4.69) is 5.32 Å². The molecule has 1 aliphatic rings. The minimum atomic E-state index is -0.915. The van der Waals surface area contributed by atoms with E-state index in [1.165, 1.54) is 0 Å². The predicted octanol–water partition coefficient (Wildman–Crippen LogP) is 1.67. The van der Waals surface area contributed by atoms with Gasteiger partial charge in [-0.15, -0.1) is 0 Å². The standard InChI is InChI=1S/C15H19NO4/c1-2-11(9-13(17)18)16-15(19)14-12-6-4-3-5-10(12)7-8-20-14/h3-6,11,14H,2,7-9H2,1H3,(H,16,19)(H,17,18). The quantitative estimate of drug-likeness (QED) is 0.858. The molecule has 5 nitrogen and oxygen atoms in total. The summed E-state index contributed by atoms with van der Waals surface area (Å²) in [5.74, 6) is -1.17. The molecule has 5 heteroatoms. The fraction of sp³-hybridized carbons (Fsp3) is 0.467. The van der Waals surface area contributed by atoms with Crippen molar-refractivity contribution in [1.29, 1.82) is 0 Å². The van der Waals surface area contributed by atoms with Crippen molar-refractivity contribution in [2.24, 2.45) is 0 Å². The molecule has 2 rings (SSSR count). The average molecular weight is 277 g/mol. The third-order valence-electron chi connectivity index (χ3n) is 3.49. The fourth-order valence-corrected chi connectivity index (χ4v) is 2.40. The molecule has 1 amide bonds. The van der Waals surface area contributed by atoms with Crippen LogP contribution in [0.15, 0.2) is 24.3 Å². The molecule has 0 bridgehead atoms. The molecule has 0 spiro atoms. The topological polar surface area (TPSA) is 75.6 Å². The second kappa shape index (κ2) is 6.52. The van der Waals surface area contributed by atoms with Gasteiger partial charge in [0.15, 0.2) is 6.10 Å². The number of fused-ring (bicyclic) bond motifs is 1. The number of amides is 1. The van der Waals surface area contributed by atoms with Gasteiger partial charge in [0, 0.05) is 6.04 Å². The highest BCUT2D eigenvalue weighted by atomic mass is 16.5. The maximum atomic E-state index is 12.3. The zero-order valence-electron chi connectivity index (χ0n) is 11.5. The zero-order valence-corrected chi connectivity index (χ0v) is 11.5. The first-order chi connectivity index (χ1) is 9.61. The maximum Gasteiger partial charge on any atom is 0.305 e. The van der Waals surface area contributed by atoms with Crippen molar-refractivity contribution in [3.63, 3.8) is 0 Å². The molecule has 108 valence electrons. The van der Waals surface area contributed by atoms with Crippen LogP contribution in [-0.4, -0.2) is 29.6 Å². The van der Waals surface area contributed by atoms with Crippen LogP contribution in [0.5, 0.6) is 0 Å². The van der Waals surface area contributed by atoms with Crippen molar-refractivity contribution in [2.75, 3.05) is 6.61 Å². The van der Waals surface area contributed by atoms with Crippen LogP contribution in [0, 0.1) is 0 Å². The Hall–Kier alpha value is -1.88. The Balaban J connectivity index is 2.08. The number of ether oxygens (including phenoxy) is 1. The predicted molar refractivity (Wildman–Crippen MR) is 73.3 cm³/mol. The number of carbonyl (C=O) groups is 2. The number of carboxylic acids is 1. The van der Waals surface area contributed by atoms with Crippen LogP contribution in [0.25, 0.3) is 0 Å². The second-order valence-corrected chi connectivity index (χ2v) is 4.91. The van der Waals surface area contributed by atoms with E-state index in [-0.39, 0.29) is 18.4 Å². The Labute approximate surface area is 117 Å². The summed E-state index contributed by atoms with van der Waals surface area (Å²) < 4.78 is 5.56. The molecule has 0 saturated heterocycles. The third-order valence-corrected chi connectivity index (χ3v) is 3.49. The van der Waals surface area contributed by atoms with E-state index in [0.717, 1.165) is 17.5 Å². The summed E-state index contributed by atoms with van der Waals surface area (Å²) in [7, 11) is 0. The van der Waals surface area contributed by atoms with Crippen molar-refractivity contribution in [2.45, 2.75) is 38.3 Å². The molecule has 0 radical (unpaired) electrons. The summed E-state index contributed by atoms with van der Waals surface area (Å²) >= 11 is 0. The first-order valence-electron chi connectivity index (χ1n) is 6.83. The van der Waals surface area contributed by atoms with Gasteiger partial charge in [0.1, 0.15) is 0 Å². The zero-order chi connectivity index (χ0) is 14.5. The lowest BCUT2D eigenvalue weighted by Crippen LogP contribution is -2.41. The smallest absolute Gasteiger partial charge is 0.305 e. The van der Waals surface area contributed by atoms with E-state index < -0.39 is 12.1 Å². The van der Waals surface area contributed by atoms with Gasteiger partial charge in [-0.25, -0.2) is 0 Å². The number of aliphatic carboxylic acids is 1. The van der Waals surface area contributed by atoms with Gasteiger partial charge in [-0.05, 0) is 24.0 Å². The summed E-state index contributed by atoms with van der Waals surface area (Å²) in [4.78, 5) is 23.0. The minimum Gasteiger partial charge on any atom is -0.481 e. The molecule has 1 aliphatic heterocycles. The van der Waals surface area contributed by atoms with E-state index in [0.29, 0.717) is 13.0 Å². The van der Waals surface area contributed by atoms with Gasteiger partial charge >= 0.3 is 5.97 Å². The van der Waals surface area contributed by atoms with Gasteiger partial charge in [-0.3, -0.25) is 9.59 Å². The maximum absolute atomic E-state index is 12.3.